The molecular weight excluding hydrogens is 410 g/mol. The molecule has 4 nitrogen and oxygen atoms in total. The van der Waals surface area contributed by atoms with Crippen molar-refractivity contribution in [1.82, 2.24) is 8.46 Å². The number of para-hydroxylation sites is 2. The summed E-state index contributed by atoms with van der Waals surface area (Å²) >= 11 is -0.967. The van der Waals surface area contributed by atoms with Crippen LogP contribution in [0.2, 0.25) is 8.73 Å². The number of methoxy groups -OCH3 is 1. The van der Waals surface area contributed by atoms with Crippen molar-refractivity contribution in [3.8, 4) is 11.5 Å². The van der Waals surface area contributed by atoms with Gasteiger partial charge in [0.05, 0.1) is 7.11 Å². The number of benzene rings is 1. The first-order valence-corrected chi connectivity index (χ1v) is 13.4. The first-order chi connectivity index (χ1) is 11.8. The summed E-state index contributed by atoms with van der Waals surface area (Å²) in [5.74, 6) is 1.61. The number of fused-ring (bicyclic) bond motifs is 1. The summed E-state index contributed by atoms with van der Waals surface area (Å²) in [4.78, 5) is 4.48. The number of pyridine rings is 1. The molecule has 128 valence electrons. The van der Waals surface area contributed by atoms with Gasteiger partial charge in [-0.3, -0.25) is 0 Å². The first kappa shape index (κ1) is 17.6. The summed E-state index contributed by atoms with van der Waals surface area (Å²) in [6, 6.07) is 11.2. The maximum atomic E-state index is 8.99. The fourth-order valence-corrected chi connectivity index (χ4v) is 10.1. The van der Waals surface area contributed by atoms with Crippen molar-refractivity contribution in [2.45, 2.75) is 28.0 Å². The third-order valence-corrected chi connectivity index (χ3v) is 11.6. The summed E-state index contributed by atoms with van der Waals surface area (Å²) in [5.41, 5.74) is 2.89. The average molecular weight is 435 g/mol. The third-order valence-electron chi connectivity index (χ3n) is 4.48. The van der Waals surface area contributed by atoms with Crippen molar-refractivity contribution in [1.29, 1.82) is 0 Å². The van der Waals surface area contributed by atoms with Crippen molar-refractivity contribution in [2.24, 2.45) is 5.92 Å². The Morgan fingerprint density at radius 3 is 2.79 bits per heavy atom. The molecule has 24 heavy (non-hydrogen) atoms. The van der Waals surface area contributed by atoms with Crippen LogP contribution in [-0.4, -0.2) is 44.2 Å². The Balaban J connectivity index is 0.000000162. The number of ether oxygens (including phenoxy) is 1. The molecule has 1 fully saturated rings. The van der Waals surface area contributed by atoms with E-state index in [0.717, 1.165) is 5.92 Å². The molecule has 2 aliphatic rings. The van der Waals surface area contributed by atoms with E-state index in [-0.39, 0.29) is 5.75 Å². The van der Waals surface area contributed by atoms with E-state index in [4.69, 9.17) is 9.84 Å². The summed E-state index contributed by atoms with van der Waals surface area (Å²) in [6.07, 6.45) is 5.93. The van der Waals surface area contributed by atoms with E-state index in [1.54, 1.807) is 28.6 Å². The molecule has 1 unspecified atom stereocenters. The number of nitrogens with zero attached hydrogens (tertiary/aromatic N) is 1. The van der Waals surface area contributed by atoms with Crippen LogP contribution in [0.4, 0.5) is 0 Å². The van der Waals surface area contributed by atoms with Gasteiger partial charge in [0.1, 0.15) is 0 Å². The van der Waals surface area contributed by atoms with Crippen LogP contribution in [0, 0.1) is 5.92 Å². The molecule has 0 bridgehead atoms. The predicted octanol–water partition coefficient (Wildman–Crippen LogP) is 3.18. The van der Waals surface area contributed by atoms with Gasteiger partial charge >= 0.3 is 99.0 Å². The van der Waals surface area contributed by atoms with Gasteiger partial charge in [0.15, 0.2) is 11.5 Å². The Kier molecular flexibility index (Phi) is 6.39. The maximum absolute atomic E-state index is 8.99. The van der Waals surface area contributed by atoms with Gasteiger partial charge in [-0.05, 0) is 12.1 Å². The molecule has 0 spiro atoms. The average Bonchev–Trinajstić information content (AvgIpc) is 3.25. The van der Waals surface area contributed by atoms with Crippen LogP contribution in [0.1, 0.15) is 17.7 Å². The number of phenols is 1. The van der Waals surface area contributed by atoms with Crippen molar-refractivity contribution >= 4 is 20.5 Å². The Morgan fingerprint density at radius 1 is 1.25 bits per heavy atom. The Morgan fingerprint density at radius 2 is 2.12 bits per heavy atom. The number of aromatic nitrogens is 1. The van der Waals surface area contributed by atoms with Gasteiger partial charge < -0.3 is 9.84 Å². The van der Waals surface area contributed by atoms with Gasteiger partial charge in [0.2, 0.25) is 0 Å². The second-order valence-corrected chi connectivity index (χ2v) is 12.6. The number of aromatic hydroxyl groups is 1. The molecular formula is C19H25N2O2Sb. The molecule has 4 rings (SSSR count). The van der Waals surface area contributed by atoms with E-state index in [0.29, 0.717) is 5.75 Å². The minimum atomic E-state index is -0.967. The summed E-state index contributed by atoms with van der Waals surface area (Å²) < 4.78 is 11.7. The Labute approximate surface area is 151 Å². The van der Waals surface area contributed by atoms with Gasteiger partial charge in [-0.1, -0.05) is 12.1 Å². The van der Waals surface area contributed by atoms with Crippen LogP contribution < -0.4 is 8.21 Å². The standard InChI is InChI=1S/C9H10N.C7H8O2.C3H7N.Sb/c1-7-5-8-3-2-4-10-9(8)6-7;1-9-7-5-3-2-4-6(7)8;1-2-3-4;/h2-4,7H,1,5-6H2;2-5,8H,1H3;4H,1-3H2;/q;;-1;+1. The number of phenolic OH excluding ortho intramolecular Hbond substituents is 1. The van der Waals surface area contributed by atoms with Crippen molar-refractivity contribution in [2.75, 3.05) is 13.7 Å². The molecule has 0 amide bonds. The zero-order valence-electron chi connectivity index (χ0n) is 14.1. The molecule has 5 heteroatoms. The van der Waals surface area contributed by atoms with Crippen molar-refractivity contribution < 1.29 is 9.84 Å². The molecule has 0 radical (unpaired) electrons. The first-order valence-electron chi connectivity index (χ1n) is 8.49. The number of hydrogen-bond donors (Lipinski definition) is 2. The zero-order chi connectivity index (χ0) is 16.8. The molecule has 1 aliphatic carbocycles. The summed E-state index contributed by atoms with van der Waals surface area (Å²) in [7, 11) is 1.52. The summed E-state index contributed by atoms with van der Waals surface area (Å²) in [5, 5.41) is 8.99. The van der Waals surface area contributed by atoms with Gasteiger partial charge in [-0.15, -0.1) is 0 Å². The van der Waals surface area contributed by atoms with Crippen molar-refractivity contribution in [3.63, 3.8) is 0 Å². The van der Waals surface area contributed by atoms with Crippen LogP contribution in [0.25, 0.3) is 0 Å². The quantitative estimate of drug-likeness (QED) is 0.728. The molecule has 1 aliphatic heterocycles. The van der Waals surface area contributed by atoms with Crippen LogP contribution in [0.3, 0.4) is 0 Å². The molecule has 2 aromatic rings. The molecule has 1 saturated heterocycles. The zero-order valence-corrected chi connectivity index (χ0v) is 16.7. The number of hydrogen-bond acceptors (Lipinski definition) is 4. The molecule has 0 saturated carbocycles. The fourth-order valence-electron chi connectivity index (χ4n) is 3.31. The fraction of sp³-hybridized carbons (Fsp3) is 0.421. The normalized spacial score (nSPS) is 19.5. The molecule has 1 aromatic heterocycles. The van der Waals surface area contributed by atoms with E-state index in [2.05, 4.69) is 20.6 Å². The van der Waals surface area contributed by atoms with E-state index in [1.807, 2.05) is 6.20 Å². The van der Waals surface area contributed by atoms with E-state index in [1.165, 1.54) is 48.5 Å². The summed E-state index contributed by atoms with van der Waals surface area (Å²) in [6.45, 7) is 1.31. The Bertz CT molecular complexity index is 634. The van der Waals surface area contributed by atoms with E-state index >= 15 is 0 Å². The van der Waals surface area contributed by atoms with E-state index < -0.39 is 20.5 Å². The van der Waals surface area contributed by atoms with Crippen LogP contribution >= 0.6 is 0 Å². The van der Waals surface area contributed by atoms with Gasteiger partial charge in [0.25, 0.3) is 0 Å². The minimum absolute atomic E-state index is 0.181. The molecule has 2 N–H and O–H groups in total. The third kappa shape index (κ3) is 4.64. The van der Waals surface area contributed by atoms with Gasteiger partial charge in [-0.2, -0.15) is 0 Å². The van der Waals surface area contributed by atoms with Gasteiger partial charge in [-0.25, -0.2) is 0 Å². The Hall–Kier alpha value is -1.25. The monoisotopic (exact) mass is 434 g/mol. The molecule has 1 atom stereocenters. The predicted molar refractivity (Wildman–Crippen MR) is 97.8 cm³/mol. The van der Waals surface area contributed by atoms with E-state index in [9.17, 15) is 0 Å². The van der Waals surface area contributed by atoms with Gasteiger partial charge in [0, 0.05) is 0 Å². The number of rotatable bonds is 3. The van der Waals surface area contributed by atoms with Crippen LogP contribution in [-0.2, 0) is 12.8 Å². The van der Waals surface area contributed by atoms with Crippen LogP contribution in [0.15, 0.2) is 42.6 Å². The van der Waals surface area contributed by atoms with Crippen molar-refractivity contribution in [3.05, 3.63) is 53.9 Å². The second kappa shape index (κ2) is 8.73. The SMILES string of the molecule is COc1ccccc1O.c1cnc2c(c1)CC([CH2][Sb]1[CH2]CC[NH]1)C2. The number of nitrogens with one attached hydrogen (secondary N) is 1. The molecule has 2 heterocycles. The van der Waals surface area contributed by atoms with Crippen LogP contribution in [0.5, 0.6) is 11.5 Å². The molecule has 1 aromatic carbocycles. The topological polar surface area (TPSA) is 54.4 Å². The second-order valence-electron chi connectivity index (χ2n) is 6.26.